The standard InChI is InChI=1S/C24H34O6/c1-6-18(8-7-17(2)30-16-25)12-21-20(14-29-24(21)15-26-3)11-19-9-10-22(27-4)23(13-19)28-5/h6-10,13,20-21,24-25H,1,11-12,14-16H2,2-5H3/b17-7+,18-8+/t20-,21?,24?/m0/s1. The summed E-state index contributed by atoms with van der Waals surface area (Å²) in [6.07, 6.45) is 7.41. The van der Waals surface area contributed by atoms with Crippen LogP contribution in [0.15, 0.2) is 54.3 Å². The first-order valence-corrected chi connectivity index (χ1v) is 10.1. The van der Waals surface area contributed by atoms with Gasteiger partial charge in [-0.2, -0.15) is 0 Å². The second kappa shape index (κ2) is 12.4. The molecule has 2 unspecified atom stereocenters. The molecule has 166 valence electrons. The molecule has 1 aliphatic heterocycles. The van der Waals surface area contributed by atoms with Gasteiger partial charge >= 0.3 is 0 Å². The van der Waals surface area contributed by atoms with Crippen LogP contribution < -0.4 is 9.47 Å². The largest absolute Gasteiger partial charge is 0.493 e. The van der Waals surface area contributed by atoms with Crippen molar-refractivity contribution in [1.82, 2.24) is 0 Å². The normalized spacial score (nSPS) is 22.1. The van der Waals surface area contributed by atoms with Gasteiger partial charge in [-0.05, 0) is 60.9 Å². The third kappa shape index (κ3) is 6.62. The summed E-state index contributed by atoms with van der Waals surface area (Å²) >= 11 is 0. The number of aliphatic hydroxyl groups excluding tert-OH is 1. The minimum Gasteiger partial charge on any atom is -0.493 e. The SMILES string of the molecule is C=C/C(=C\C=C(/C)OCO)CC1C(COC)OC[C@@H]1Cc1ccc(OC)c(OC)c1. The minimum atomic E-state index is -0.334. The molecule has 0 aromatic heterocycles. The molecular formula is C24H34O6. The number of rotatable bonds is 12. The van der Waals surface area contributed by atoms with Crippen LogP contribution in [0.5, 0.6) is 11.5 Å². The second-order valence-corrected chi connectivity index (χ2v) is 7.35. The predicted octanol–water partition coefficient (Wildman–Crippen LogP) is 3.90. The summed E-state index contributed by atoms with van der Waals surface area (Å²) in [5.74, 6) is 2.73. The molecule has 0 bridgehead atoms. The maximum Gasteiger partial charge on any atom is 0.185 e. The molecule has 1 fully saturated rings. The highest BCUT2D eigenvalue weighted by atomic mass is 16.6. The Morgan fingerprint density at radius 3 is 2.60 bits per heavy atom. The predicted molar refractivity (Wildman–Crippen MR) is 117 cm³/mol. The number of ether oxygens (including phenoxy) is 5. The van der Waals surface area contributed by atoms with Gasteiger partial charge in [-0.3, -0.25) is 0 Å². The lowest BCUT2D eigenvalue weighted by Gasteiger charge is -2.23. The van der Waals surface area contributed by atoms with Gasteiger partial charge in [0.05, 0.1) is 39.3 Å². The quantitative estimate of drug-likeness (QED) is 0.316. The Morgan fingerprint density at radius 1 is 1.20 bits per heavy atom. The summed E-state index contributed by atoms with van der Waals surface area (Å²) in [5.41, 5.74) is 2.27. The zero-order valence-corrected chi connectivity index (χ0v) is 18.4. The van der Waals surface area contributed by atoms with Crippen molar-refractivity contribution in [3.63, 3.8) is 0 Å². The van der Waals surface area contributed by atoms with Crippen molar-refractivity contribution in [3.05, 3.63) is 59.9 Å². The fourth-order valence-electron chi connectivity index (χ4n) is 3.82. The van der Waals surface area contributed by atoms with E-state index in [1.165, 1.54) is 5.56 Å². The van der Waals surface area contributed by atoms with Gasteiger partial charge in [0, 0.05) is 7.11 Å². The van der Waals surface area contributed by atoms with Crippen LogP contribution in [0.1, 0.15) is 18.9 Å². The Labute approximate surface area is 179 Å². The molecule has 6 nitrogen and oxygen atoms in total. The number of methoxy groups -OCH3 is 3. The third-order valence-corrected chi connectivity index (χ3v) is 5.44. The van der Waals surface area contributed by atoms with E-state index in [0.29, 0.717) is 24.9 Å². The van der Waals surface area contributed by atoms with Gasteiger partial charge in [-0.15, -0.1) is 0 Å². The summed E-state index contributed by atoms with van der Waals surface area (Å²) < 4.78 is 27.4. The molecular weight excluding hydrogens is 384 g/mol. The average molecular weight is 419 g/mol. The van der Waals surface area contributed by atoms with Crippen molar-refractivity contribution < 1.29 is 28.8 Å². The van der Waals surface area contributed by atoms with Crippen LogP contribution in [0.2, 0.25) is 0 Å². The molecule has 0 aliphatic carbocycles. The topological polar surface area (TPSA) is 66.4 Å². The van der Waals surface area contributed by atoms with E-state index in [1.807, 2.05) is 30.4 Å². The van der Waals surface area contributed by atoms with E-state index in [9.17, 15) is 0 Å². The molecule has 6 heteroatoms. The first-order valence-electron chi connectivity index (χ1n) is 10.1. The maximum atomic E-state index is 8.88. The first-order chi connectivity index (χ1) is 14.6. The van der Waals surface area contributed by atoms with Crippen LogP contribution >= 0.6 is 0 Å². The van der Waals surface area contributed by atoms with E-state index in [-0.39, 0.29) is 18.8 Å². The zero-order valence-electron chi connectivity index (χ0n) is 18.4. The van der Waals surface area contributed by atoms with Gasteiger partial charge in [0.15, 0.2) is 18.3 Å². The summed E-state index contributed by atoms with van der Waals surface area (Å²) in [6, 6.07) is 6.04. The van der Waals surface area contributed by atoms with Crippen LogP contribution in [0.4, 0.5) is 0 Å². The fourth-order valence-corrected chi connectivity index (χ4v) is 3.82. The monoisotopic (exact) mass is 418 g/mol. The smallest absolute Gasteiger partial charge is 0.185 e. The molecule has 30 heavy (non-hydrogen) atoms. The van der Waals surface area contributed by atoms with Crippen LogP contribution in [-0.4, -0.2) is 52.5 Å². The lowest BCUT2D eigenvalue weighted by molar-refractivity contribution is 0.0207. The number of aliphatic hydroxyl groups is 1. The molecule has 3 atom stereocenters. The van der Waals surface area contributed by atoms with Gasteiger partial charge < -0.3 is 28.8 Å². The molecule has 0 saturated carbocycles. The summed E-state index contributed by atoms with van der Waals surface area (Å²) in [4.78, 5) is 0. The summed E-state index contributed by atoms with van der Waals surface area (Å²) in [5, 5.41) is 8.88. The van der Waals surface area contributed by atoms with Crippen molar-refractivity contribution in [2.75, 3.05) is 41.3 Å². The highest BCUT2D eigenvalue weighted by Crippen LogP contribution is 2.37. The van der Waals surface area contributed by atoms with Gasteiger partial charge in [0.1, 0.15) is 0 Å². The maximum absolute atomic E-state index is 8.88. The van der Waals surface area contributed by atoms with Gasteiger partial charge in [-0.25, -0.2) is 0 Å². The number of allylic oxidation sites excluding steroid dienone is 5. The molecule has 1 aromatic carbocycles. The fraction of sp³-hybridized carbons (Fsp3) is 0.500. The van der Waals surface area contributed by atoms with E-state index in [2.05, 4.69) is 12.6 Å². The van der Waals surface area contributed by atoms with Gasteiger partial charge in [0.2, 0.25) is 0 Å². The number of hydrogen-bond donors (Lipinski definition) is 1. The highest BCUT2D eigenvalue weighted by molar-refractivity contribution is 5.43. The van der Waals surface area contributed by atoms with Crippen LogP contribution in [0, 0.1) is 11.8 Å². The minimum absolute atomic E-state index is 0.0299. The summed E-state index contributed by atoms with van der Waals surface area (Å²) in [7, 11) is 4.98. The van der Waals surface area contributed by atoms with Gasteiger partial charge in [-0.1, -0.05) is 24.8 Å². The highest BCUT2D eigenvalue weighted by Gasteiger charge is 2.37. The first kappa shape index (κ1) is 24.0. The van der Waals surface area contributed by atoms with Crippen molar-refractivity contribution in [3.8, 4) is 11.5 Å². The van der Waals surface area contributed by atoms with Crippen molar-refractivity contribution in [1.29, 1.82) is 0 Å². The second-order valence-electron chi connectivity index (χ2n) is 7.35. The van der Waals surface area contributed by atoms with Crippen LogP contribution in [0.25, 0.3) is 0 Å². The molecule has 1 heterocycles. The Kier molecular flexibility index (Phi) is 9.94. The zero-order chi connectivity index (χ0) is 21.9. The molecule has 2 rings (SSSR count). The van der Waals surface area contributed by atoms with E-state index in [4.69, 9.17) is 28.8 Å². The average Bonchev–Trinajstić information content (AvgIpc) is 3.12. The van der Waals surface area contributed by atoms with Gasteiger partial charge in [0.25, 0.3) is 0 Å². The van der Waals surface area contributed by atoms with Crippen molar-refractivity contribution in [2.45, 2.75) is 25.9 Å². The molecule has 0 spiro atoms. The molecule has 1 N–H and O–H groups in total. The molecule has 1 aromatic rings. The number of hydrogen-bond acceptors (Lipinski definition) is 6. The van der Waals surface area contributed by atoms with E-state index in [1.54, 1.807) is 28.3 Å². The molecule has 1 saturated heterocycles. The third-order valence-electron chi connectivity index (χ3n) is 5.44. The Morgan fingerprint density at radius 2 is 1.97 bits per heavy atom. The van der Waals surface area contributed by atoms with Crippen molar-refractivity contribution >= 4 is 0 Å². The molecule has 0 amide bonds. The Hall–Kier alpha value is -2.28. The van der Waals surface area contributed by atoms with E-state index in [0.717, 1.165) is 29.9 Å². The van der Waals surface area contributed by atoms with Crippen LogP contribution in [-0.2, 0) is 20.6 Å². The van der Waals surface area contributed by atoms with E-state index >= 15 is 0 Å². The van der Waals surface area contributed by atoms with E-state index < -0.39 is 0 Å². The lowest BCUT2D eigenvalue weighted by atomic mass is 9.81. The molecule has 1 aliphatic rings. The van der Waals surface area contributed by atoms with Crippen molar-refractivity contribution in [2.24, 2.45) is 11.8 Å². The van der Waals surface area contributed by atoms with Crippen LogP contribution in [0.3, 0.4) is 0 Å². The summed E-state index contributed by atoms with van der Waals surface area (Å²) in [6.45, 7) is 6.67. The molecule has 0 radical (unpaired) electrons. The Balaban J connectivity index is 2.19. The Bertz CT molecular complexity index is 739. The lowest BCUT2D eigenvalue weighted by Crippen LogP contribution is -2.26. The number of benzene rings is 1.